The largest absolute Gasteiger partial charge is 0.389 e. The molecule has 0 saturated heterocycles. The van der Waals surface area contributed by atoms with Crippen LogP contribution in [0.4, 0.5) is 0 Å². The molecule has 0 saturated carbocycles. The summed E-state index contributed by atoms with van der Waals surface area (Å²) in [5, 5.41) is 9.30. The molecule has 1 rings (SSSR count). The summed E-state index contributed by atoms with van der Waals surface area (Å²) in [4.78, 5) is 1.20. The number of aliphatic hydroxyl groups excluding tert-OH is 1. The summed E-state index contributed by atoms with van der Waals surface area (Å²) in [6.07, 6.45) is 5.57. The molecule has 0 amide bonds. The normalized spacial score (nSPS) is 12.1. The van der Waals surface area contributed by atoms with Crippen molar-refractivity contribution >= 4 is 11.8 Å². The van der Waals surface area contributed by atoms with Crippen LogP contribution >= 0.6 is 11.8 Å². The van der Waals surface area contributed by atoms with Crippen LogP contribution in [0.5, 0.6) is 0 Å². The van der Waals surface area contributed by atoms with E-state index in [2.05, 4.69) is 5.92 Å². The first-order valence-electron chi connectivity index (χ1n) is 4.58. The van der Waals surface area contributed by atoms with Crippen LogP contribution in [0.25, 0.3) is 0 Å². The zero-order chi connectivity index (χ0) is 10.4. The quantitative estimate of drug-likeness (QED) is 0.464. The van der Waals surface area contributed by atoms with Crippen molar-refractivity contribution in [3.8, 4) is 12.3 Å². The van der Waals surface area contributed by atoms with Crippen molar-refractivity contribution in [2.45, 2.75) is 24.3 Å². The maximum absolute atomic E-state index is 9.30. The van der Waals surface area contributed by atoms with E-state index in [0.717, 1.165) is 17.7 Å². The average molecular weight is 206 g/mol. The highest BCUT2D eigenvalue weighted by molar-refractivity contribution is 7.99. The first-order chi connectivity index (χ1) is 6.74. The van der Waals surface area contributed by atoms with Gasteiger partial charge in [-0.05, 0) is 24.6 Å². The fraction of sp³-hybridized carbons (Fsp3) is 0.333. The lowest BCUT2D eigenvalue weighted by atomic mass is 10.1. The molecule has 14 heavy (non-hydrogen) atoms. The van der Waals surface area contributed by atoms with Gasteiger partial charge in [0.15, 0.2) is 0 Å². The molecule has 1 atom stereocenters. The van der Waals surface area contributed by atoms with Gasteiger partial charge in [-0.2, -0.15) is 0 Å². The van der Waals surface area contributed by atoms with Crippen LogP contribution < -0.4 is 0 Å². The fourth-order valence-electron chi connectivity index (χ4n) is 1.07. The molecule has 0 bridgehead atoms. The molecule has 0 radical (unpaired) electrons. The second kappa shape index (κ2) is 5.74. The van der Waals surface area contributed by atoms with Crippen LogP contribution in [0, 0.1) is 12.3 Å². The van der Waals surface area contributed by atoms with Crippen molar-refractivity contribution in [1.29, 1.82) is 0 Å². The van der Waals surface area contributed by atoms with Crippen molar-refractivity contribution in [3.05, 3.63) is 29.8 Å². The van der Waals surface area contributed by atoms with Gasteiger partial charge in [0.25, 0.3) is 0 Å². The number of benzene rings is 1. The SMILES string of the molecule is C#CCCSc1ccc(C(C)O)cc1. The Morgan fingerprint density at radius 1 is 1.43 bits per heavy atom. The molecule has 1 N–H and O–H groups in total. The molecule has 0 aliphatic carbocycles. The molecule has 0 fully saturated rings. The molecular weight excluding hydrogens is 192 g/mol. The van der Waals surface area contributed by atoms with Crippen LogP contribution in [0.15, 0.2) is 29.2 Å². The lowest BCUT2D eigenvalue weighted by Crippen LogP contribution is -1.89. The minimum Gasteiger partial charge on any atom is -0.389 e. The average Bonchev–Trinajstić information content (AvgIpc) is 2.19. The van der Waals surface area contributed by atoms with E-state index in [-0.39, 0.29) is 6.10 Å². The molecule has 0 heterocycles. The van der Waals surface area contributed by atoms with Crippen molar-refractivity contribution in [2.75, 3.05) is 5.75 Å². The maximum atomic E-state index is 9.30. The Kier molecular flexibility index (Phi) is 4.58. The Morgan fingerprint density at radius 3 is 2.57 bits per heavy atom. The summed E-state index contributed by atoms with van der Waals surface area (Å²) in [5.74, 6) is 3.56. The third-order valence-corrected chi connectivity index (χ3v) is 2.89. The third-order valence-electron chi connectivity index (χ3n) is 1.88. The predicted octanol–water partition coefficient (Wildman–Crippen LogP) is 2.86. The minimum atomic E-state index is -0.389. The van der Waals surface area contributed by atoms with Gasteiger partial charge in [0.2, 0.25) is 0 Å². The topological polar surface area (TPSA) is 20.2 Å². The van der Waals surface area contributed by atoms with E-state index in [1.54, 1.807) is 18.7 Å². The van der Waals surface area contributed by atoms with E-state index in [9.17, 15) is 5.11 Å². The molecule has 1 nitrogen and oxygen atoms in total. The van der Waals surface area contributed by atoms with E-state index < -0.39 is 0 Å². The minimum absolute atomic E-state index is 0.389. The Morgan fingerprint density at radius 2 is 2.07 bits per heavy atom. The van der Waals surface area contributed by atoms with Gasteiger partial charge in [0.05, 0.1) is 6.10 Å². The summed E-state index contributed by atoms with van der Waals surface area (Å²) in [6.45, 7) is 1.76. The van der Waals surface area contributed by atoms with Crippen molar-refractivity contribution in [1.82, 2.24) is 0 Å². The molecular formula is C12H14OS. The fourth-order valence-corrected chi connectivity index (χ4v) is 1.85. The van der Waals surface area contributed by atoms with Crippen LogP contribution in [0.3, 0.4) is 0 Å². The van der Waals surface area contributed by atoms with Gasteiger partial charge in [-0.3, -0.25) is 0 Å². The summed E-state index contributed by atoms with van der Waals surface area (Å²) in [6, 6.07) is 7.93. The second-order valence-electron chi connectivity index (χ2n) is 3.05. The number of hydrogen-bond acceptors (Lipinski definition) is 2. The van der Waals surface area contributed by atoms with Crippen molar-refractivity contribution < 1.29 is 5.11 Å². The maximum Gasteiger partial charge on any atom is 0.0761 e. The van der Waals surface area contributed by atoms with E-state index in [1.807, 2.05) is 24.3 Å². The third kappa shape index (κ3) is 3.45. The summed E-state index contributed by atoms with van der Waals surface area (Å²) < 4.78 is 0. The lowest BCUT2D eigenvalue weighted by molar-refractivity contribution is 0.199. The van der Waals surface area contributed by atoms with Gasteiger partial charge < -0.3 is 5.11 Å². The van der Waals surface area contributed by atoms with E-state index in [4.69, 9.17) is 6.42 Å². The Labute approximate surface area is 89.5 Å². The van der Waals surface area contributed by atoms with Gasteiger partial charge in [-0.1, -0.05) is 12.1 Å². The molecule has 0 aliphatic rings. The van der Waals surface area contributed by atoms with Gasteiger partial charge in [0, 0.05) is 17.1 Å². The number of terminal acetylenes is 1. The van der Waals surface area contributed by atoms with Gasteiger partial charge in [0.1, 0.15) is 0 Å². The smallest absolute Gasteiger partial charge is 0.0761 e. The number of aliphatic hydroxyl groups is 1. The van der Waals surface area contributed by atoms with Crippen molar-refractivity contribution in [2.24, 2.45) is 0 Å². The first-order valence-corrected chi connectivity index (χ1v) is 5.57. The van der Waals surface area contributed by atoms with E-state index >= 15 is 0 Å². The molecule has 1 aromatic rings. The first kappa shape index (κ1) is 11.2. The molecule has 0 aromatic heterocycles. The summed E-state index contributed by atoms with van der Waals surface area (Å²) in [7, 11) is 0. The number of hydrogen-bond donors (Lipinski definition) is 1. The van der Waals surface area contributed by atoms with Crippen LogP contribution in [-0.4, -0.2) is 10.9 Å². The van der Waals surface area contributed by atoms with Gasteiger partial charge in [-0.25, -0.2) is 0 Å². The summed E-state index contributed by atoms with van der Waals surface area (Å²) >= 11 is 1.74. The summed E-state index contributed by atoms with van der Waals surface area (Å²) in [5.41, 5.74) is 0.950. The standard InChI is InChI=1S/C12H14OS/c1-3-4-9-14-12-7-5-11(6-8-12)10(2)13/h1,5-8,10,13H,4,9H2,2H3. The van der Waals surface area contributed by atoms with Gasteiger partial charge in [-0.15, -0.1) is 24.1 Å². The Balaban J connectivity index is 2.52. The van der Waals surface area contributed by atoms with Gasteiger partial charge >= 0.3 is 0 Å². The van der Waals surface area contributed by atoms with E-state index in [0.29, 0.717) is 0 Å². The highest BCUT2D eigenvalue weighted by Gasteiger charge is 1.99. The highest BCUT2D eigenvalue weighted by Crippen LogP contribution is 2.21. The van der Waals surface area contributed by atoms with E-state index in [1.165, 1.54) is 4.90 Å². The molecule has 2 heteroatoms. The van der Waals surface area contributed by atoms with Crippen LogP contribution in [0.1, 0.15) is 25.0 Å². The van der Waals surface area contributed by atoms with Crippen molar-refractivity contribution in [3.63, 3.8) is 0 Å². The van der Waals surface area contributed by atoms with Crippen LogP contribution in [-0.2, 0) is 0 Å². The Hall–Kier alpha value is -0.910. The van der Waals surface area contributed by atoms with Crippen LogP contribution in [0.2, 0.25) is 0 Å². The zero-order valence-electron chi connectivity index (χ0n) is 8.23. The molecule has 74 valence electrons. The zero-order valence-corrected chi connectivity index (χ0v) is 9.05. The molecule has 1 aromatic carbocycles. The number of thioether (sulfide) groups is 1. The monoisotopic (exact) mass is 206 g/mol. The molecule has 1 unspecified atom stereocenters. The highest BCUT2D eigenvalue weighted by atomic mass is 32.2. The Bertz CT molecular complexity index is 308. The lowest BCUT2D eigenvalue weighted by Gasteiger charge is -2.05. The predicted molar refractivity (Wildman–Crippen MR) is 61.2 cm³/mol. The molecule has 0 aliphatic heterocycles. The number of rotatable bonds is 4. The molecule has 0 spiro atoms. The second-order valence-corrected chi connectivity index (χ2v) is 4.22.